The molecule has 1 heterocycles. The summed E-state index contributed by atoms with van der Waals surface area (Å²) in [6.45, 7) is -0.0458. The average molecular weight is 676 g/mol. The normalized spacial score (nSPS) is 17.1. The smallest absolute Gasteiger partial charge is 0.252 e. The Balaban J connectivity index is 1.60. The molecule has 14 heteroatoms. The number of ether oxygens (including phenoxy) is 2. The summed E-state index contributed by atoms with van der Waals surface area (Å²) in [5, 5.41) is 15.5. The summed E-state index contributed by atoms with van der Waals surface area (Å²) in [7, 11) is -3.94. The van der Waals surface area contributed by atoms with E-state index in [-0.39, 0.29) is 47.2 Å². The highest BCUT2D eigenvalue weighted by atomic mass is 32.2. The number of hydrogen-bond donors (Lipinski definition) is 2. The highest BCUT2D eigenvalue weighted by molar-refractivity contribution is 7.91. The first-order valence-electron chi connectivity index (χ1n) is 14.9. The van der Waals surface area contributed by atoms with Gasteiger partial charge in [-0.15, -0.1) is 0 Å². The second-order valence-electron chi connectivity index (χ2n) is 10.9. The van der Waals surface area contributed by atoms with E-state index >= 15 is 0 Å². The van der Waals surface area contributed by atoms with Crippen LogP contribution in [-0.4, -0.2) is 49.8 Å². The minimum Gasteiger partial charge on any atom is -0.494 e. The second kappa shape index (κ2) is 15.1. The van der Waals surface area contributed by atoms with Crippen molar-refractivity contribution in [3.63, 3.8) is 0 Å². The zero-order valence-electron chi connectivity index (χ0n) is 25.5. The third-order valence-corrected chi connectivity index (χ3v) is 9.36. The zero-order chi connectivity index (χ0) is 34.1. The molecule has 48 heavy (non-hydrogen) atoms. The number of sulfone groups is 1. The van der Waals surface area contributed by atoms with Crippen LogP contribution in [0.5, 0.6) is 5.75 Å². The Morgan fingerprint density at radius 1 is 1.02 bits per heavy atom. The molecule has 4 aromatic carbocycles. The van der Waals surface area contributed by atoms with E-state index in [1.54, 1.807) is 60.7 Å². The van der Waals surface area contributed by atoms with Gasteiger partial charge in [-0.25, -0.2) is 22.2 Å². The molecule has 11 nitrogen and oxygen atoms in total. The number of amides is 1. The van der Waals surface area contributed by atoms with E-state index in [2.05, 4.69) is 15.3 Å². The van der Waals surface area contributed by atoms with Gasteiger partial charge < -0.3 is 19.9 Å². The van der Waals surface area contributed by atoms with Crippen LogP contribution in [-0.2, 0) is 25.9 Å². The van der Waals surface area contributed by atoms with Gasteiger partial charge in [0, 0.05) is 53.8 Å². The predicted octanol–water partition coefficient (Wildman–Crippen LogP) is 6.11. The lowest BCUT2D eigenvalue weighted by Gasteiger charge is -2.31. The van der Waals surface area contributed by atoms with Gasteiger partial charge in [-0.2, -0.15) is 0 Å². The molecule has 0 bridgehead atoms. The monoisotopic (exact) mass is 675 g/mol. The summed E-state index contributed by atoms with van der Waals surface area (Å²) in [4.78, 5) is 22.1. The number of azide groups is 1. The molecular weight excluding hydrogens is 644 g/mol. The van der Waals surface area contributed by atoms with Crippen LogP contribution in [0, 0.1) is 11.6 Å². The van der Waals surface area contributed by atoms with Crippen molar-refractivity contribution in [3.05, 3.63) is 136 Å². The summed E-state index contributed by atoms with van der Waals surface area (Å²) in [5.41, 5.74) is 8.29. The summed E-state index contributed by atoms with van der Waals surface area (Å²) < 4.78 is 67.0. The quantitative estimate of drug-likeness (QED) is 0.0710. The lowest BCUT2D eigenvalue weighted by molar-refractivity contribution is -0.129. The summed E-state index contributed by atoms with van der Waals surface area (Å²) >= 11 is 0. The standard InChI is InChI=1S/C34H31F2N5O6S/c35-25-19-23(20-26(36)21-25)22-38-33(43)34(15-18-48(44,45)28-7-2-1-3-8-28)31(29-9-4-5-10-30(29)40-41-37)47-32(39-34)24-11-13-27(14-12-24)46-17-6-16-42/h1-5,7-14,19-21,31,42H,6,15-18,22H2,(H,38,43)/t31-,34-/m1/s1. The number of aliphatic hydroxyl groups excluding tert-OH is 1. The predicted molar refractivity (Wildman–Crippen MR) is 173 cm³/mol. The number of carbonyl (C=O) groups is 1. The molecule has 0 spiro atoms. The van der Waals surface area contributed by atoms with E-state index < -0.39 is 44.8 Å². The lowest BCUT2D eigenvalue weighted by Crippen LogP contribution is -2.49. The van der Waals surface area contributed by atoms with Gasteiger partial charge in [-0.1, -0.05) is 47.6 Å². The number of aliphatic hydroxyl groups is 1. The van der Waals surface area contributed by atoms with Crippen molar-refractivity contribution < 1.29 is 36.6 Å². The van der Waals surface area contributed by atoms with Crippen LogP contribution in [0.25, 0.3) is 10.4 Å². The highest BCUT2D eigenvalue weighted by Crippen LogP contribution is 2.46. The molecule has 0 aromatic heterocycles. The average Bonchev–Trinajstić information content (AvgIpc) is 3.48. The summed E-state index contributed by atoms with van der Waals surface area (Å²) in [6.07, 6.45) is -1.23. The van der Waals surface area contributed by atoms with Crippen LogP contribution < -0.4 is 10.1 Å². The Morgan fingerprint density at radius 2 is 1.71 bits per heavy atom. The van der Waals surface area contributed by atoms with Gasteiger partial charge in [-0.3, -0.25) is 4.79 Å². The first-order chi connectivity index (χ1) is 23.1. The number of nitrogens with zero attached hydrogens (tertiary/aromatic N) is 4. The topological polar surface area (TPSA) is 163 Å². The van der Waals surface area contributed by atoms with Crippen molar-refractivity contribution >= 4 is 27.3 Å². The van der Waals surface area contributed by atoms with Gasteiger partial charge in [0.15, 0.2) is 21.5 Å². The van der Waals surface area contributed by atoms with E-state index in [0.717, 1.165) is 12.1 Å². The number of carbonyl (C=O) groups excluding carboxylic acids is 1. The fourth-order valence-electron chi connectivity index (χ4n) is 5.28. The lowest BCUT2D eigenvalue weighted by atomic mass is 9.84. The number of hydrogen-bond acceptors (Lipinski definition) is 8. The van der Waals surface area contributed by atoms with Gasteiger partial charge in [0.1, 0.15) is 17.4 Å². The van der Waals surface area contributed by atoms with Gasteiger partial charge in [0.05, 0.1) is 17.3 Å². The van der Waals surface area contributed by atoms with Gasteiger partial charge >= 0.3 is 0 Å². The first-order valence-corrected chi connectivity index (χ1v) is 16.6. The van der Waals surface area contributed by atoms with Gasteiger partial charge in [-0.05, 0) is 59.6 Å². The largest absolute Gasteiger partial charge is 0.494 e. The number of benzene rings is 4. The zero-order valence-corrected chi connectivity index (χ0v) is 26.3. The second-order valence-corrected chi connectivity index (χ2v) is 13.0. The Morgan fingerprint density at radius 3 is 2.40 bits per heavy atom. The third-order valence-electron chi connectivity index (χ3n) is 7.63. The molecule has 1 aliphatic rings. The number of halogens is 2. The molecule has 0 unspecified atom stereocenters. The van der Waals surface area contributed by atoms with Crippen LogP contribution >= 0.6 is 0 Å². The molecule has 1 aliphatic heterocycles. The molecule has 1 amide bonds. The van der Waals surface area contributed by atoms with E-state index in [4.69, 9.17) is 19.6 Å². The van der Waals surface area contributed by atoms with Crippen LogP contribution in [0.1, 0.15) is 35.6 Å². The molecule has 2 atom stereocenters. The minimum absolute atomic E-state index is 0.00158. The van der Waals surface area contributed by atoms with E-state index in [1.807, 2.05) is 0 Å². The maximum atomic E-state index is 14.4. The fraction of sp³-hybridized carbons (Fsp3) is 0.235. The van der Waals surface area contributed by atoms with Crippen LogP contribution in [0.15, 0.2) is 112 Å². The third kappa shape index (κ3) is 7.80. The van der Waals surface area contributed by atoms with Crippen LogP contribution in [0.4, 0.5) is 14.5 Å². The van der Waals surface area contributed by atoms with Crippen molar-refractivity contribution in [2.75, 3.05) is 19.0 Å². The van der Waals surface area contributed by atoms with Crippen molar-refractivity contribution in [3.8, 4) is 5.75 Å². The molecular formula is C34H31F2N5O6S. The molecule has 2 N–H and O–H groups in total. The molecule has 248 valence electrons. The maximum absolute atomic E-state index is 14.4. The Hall–Kier alpha value is -5.30. The number of nitrogens with one attached hydrogen (secondary N) is 1. The van der Waals surface area contributed by atoms with Crippen LogP contribution in [0.3, 0.4) is 0 Å². The van der Waals surface area contributed by atoms with E-state index in [1.165, 1.54) is 18.2 Å². The highest BCUT2D eigenvalue weighted by Gasteiger charge is 2.54. The molecule has 0 aliphatic carbocycles. The number of aliphatic imine (C=N–C) groups is 1. The fourth-order valence-corrected chi connectivity index (χ4v) is 6.67. The van der Waals surface area contributed by atoms with Crippen LogP contribution in [0.2, 0.25) is 0 Å². The molecule has 4 aromatic rings. The number of rotatable bonds is 14. The molecule has 0 radical (unpaired) electrons. The summed E-state index contributed by atoms with van der Waals surface area (Å²) in [5.74, 6) is -2.47. The maximum Gasteiger partial charge on any atom is 0.252 e. The Kier molecular flexibility index (Phi) is 10.7. The molecule has 0 saturated carbocycles. The Bertz CT molecular complexity index is 1930. The van der Waals surface area contributed by atoms with E-state index in [9.17, 15) is 27.5 Å². The molecule has 5 rings (SSSR count). The SMILES string of the molecule is [N-]=[N+]=Nc1ccccc1[C@H]1OC(c2ccc(OCCCO)cc2)=N[C@@]1(CCS(=O)(=O)c1ccccc1)C(=O)NCc1cc(F)cc(F)c1. The van der Waals surface area contributed by atoms with Crippen molar-refractivity contribution in [2.24, 2.45) is 10.1 Å². The van der Waals surface area contributed by atoms with E-state index in [0.29, 0.717) is 30.4 Å². The summed E-state index contributed by atoms with van der Waals surface area (Å²) in [6, 6.07) is 23.5. The van der Waals surface area contributed by atoms with Gasteiger partial charge in [0.25, 0.3) is 5.91 Å². The van der Waals surface area contributed by atoms with Crippen molar-refractivity contribution in [1.82, 2.24) is 5.32 Å². The molecule has 0 saturated heterocycles. The first kappa shape index (κ1) is 34.0. The Labute approximate surface area is 275 Å². The van der Waals surface area contributed by atoms with Crippen molar-refractivity contribution in [2.45, 2.75) is 35.9 Å². The molecule has 0 fully saturated rings. The van der Waals surface area contributed by atoms with Gasteiger partial charge in [0.2, 0.25) is 5.90 Å². The van der Waals surface area contributed by atoms with Crippen molar-refractivity contribution in [1.29, 1.82) is 0 Å². The minimum atomic E-state index is -3.94.